The van der Waals surface area contributed by atoms with Crippen molar-refractivity contribution in [1.29, 1.82) is 0 Å². The summed E-state index contributed by atoms with van der Waals surface area (Å²) in [5, 5.41) is 2.46. The molecule has 0 saturated heterocycles. The van der Waals surface area contributed by atoms with Crippen molar-refractivity contribution in [3.63, 3.8) is 0 Å². The second-order valence-corrected chi connectivity index (χ2v) is 11.0. The molecule has 190 valence electrons. The summed E-state index contributed by atoms with van der Waals surface area (Å²) in [7, 11) is -0.926. The number of nitrogens with one attached hydrogen (secondary N) is 2. The summed E-state index contributed by atoms with van der Waals surface area (Å²) >= 11 is 0. The number of amides is 1. The Hall–Kier alpha value is -2.96. The van der Waals surface area contributed by atoms with Gasteiger partial charge in [0.25, 0.3) is 15.9 Å². The van der Waals surface area contributed by atoms with Crippen LogP contribution in [0.2, 0.25) is 0 Å². The maximum absolute atomic E-state index is 13.3. The summed E-state index contributed by atoms with van der Waals surface area (Å²) in [6.07, 6.45) is -10.2. The molecule has 5 rings (SSSR count). The monoisotopic (exact) mass is 521 g/mol. The van der Waals surface area contributed by atoms with Crippen molar-refractivity contribution >= 4 is 27.3 Å². The van der Waals surface area contributed by atoms with Crippen LogP contribution in [0.5, 0.6) is 0 Å². The Bertz CT molecular complexity index is 1250. The van der Waals surface area contributed by atoms with Gasteiger partial charge in [0.2, 0.25) is 0 Å². The van der Waals surface area contributed by atoms with Crippen LogP contribution >= 0.6 is 0 Å². The summed E-state index contributed by atoms with van der Waals surface area (Å²) in [5.41, 5.74) is -4.53. The first kappa shape index (κ1) is 25.1. The normalized spacial score (nSPS) is 23.7. The molecule has 3 aliphatic rings. The van der Waals surface area contributed by atoms with E-state index in [1.54, 1.807) is 19.0 Å². The van der Waals surface area contributed by atoms with E-state index >= 15 is 0 Å². The fourth-order valence-corrected chi connectivity index (χ4v) is 5.73. The largest absolute Gasteiger partial charge is 0.416 e. The molecule has 0 radical (unpaired) electrons. The van der Waals surface area contributed by atoms with E-state index in [4.69, 9.17) is 0 Å². The van der Waals surface area contributed by atoms with Gasteiger partial charge in [-0.25, -0.2) is 8.42 Å². The van der Waals surface area contributed by atoms with E-state index in [0.717, 1.165) is 6.07 Å². The number of carbonyl (C=O) groups is 1. The second kappa shape index (κ2) is 7.77. The van der Waals surface area contributed by atoms with Crippen LogP contribution in [0, 0.1) is 5.41 Å². The molecular weight excluding hydrogens is 500 g/mol. The van der Waals surface area contributed by atoms with Crippen LogP contribution < -0.4 is 14.9 Å². The minimum absolute atomic E-state index is 0.251. The van der Waals surface area contributed by atoms with E-state index in [0.29, 0.717) is 17.8 Å². The number of benzene rings is 2. The maximum Gasteiger partial charge on any atom is 0.416 e. The third kappa shape index (κ3) is 4.41. The second-order valence-electron chi connectivity index (χ2n) is 9.29. The molecule has 0 unspecified atom stereocenters. The van der Waals surface area contributed by atoms with Crippen LogP contribution in [0.4, 0.5) is 37.7 Å². The Labute approximate surface area is 197 Å². The van der Waals surface area contributed by atoms with Crippen LogP contribution in [0.15, 0.2) is 47.4 Å². The minimum atomic E-state index is -4.82. The van der Waals surface area contributed by atoms with Crippen LogP contribution in [0.1, 0.15) is 35.2 Å². The molecule has 6 nitrogen and oxygen atoms in total. The third-order valence-corrected chi connectivity index (χ3v) is 7.89. The summed E-state index contributed by atoms with van der Waals surface area (Å²) < 4.78 is 107. The molecule has 35 heavy (non-hydrogen) atoms. The molecule has 3 fully saturated rings. The fourth-order valence-electron chi connectivity index (χ4n) is 4.66. The van der Waals surface area contributed by atoms with E-state index < -0.39 is 56.1 Å². The van der Waals surface area contributed by atoms with Crippen molar-refractivity contribution in [3.05, 3.63) is 53.6 Å². The first-order valence-electron chi connectivity index (χ1n) is 10.4. The average molecular weight is 521 g/mol. The molecule has 2 aromatic rings. The number of carbonyl (C=O) groups excluding carboxylic acids is 1. The van der Waals surface area contributed by atoms with E-state index in [2.05, 4.69) is 5.32 Å². The van der Waals surface area contributed by atoms with E-state index in [-0.39, 0.29) is 24.2 Å². The Morgan fingerprint density at radius 3 is 2.00 bits per heavy atom. The molecule has 0 aromatic heterocycles. The Kier molecular flexibility index (Phi) is 5.58. The van der Waals surface area contributed by atoms with Gasteiger partial charge in [-0.05, 0) is 61.7 Å². The lowest BCUT2D eigenvalue weighted by atomic mass is 9.39. The van der Waals surface area contributed by atoms with Gasteiger partial charge >= 0.3 is 12.4 Å². The molecule has 13 heteroatoms. The molecule has 3 aliphatic carbocycles. The SMILES string of the molecule is CN(C)c1ccc(S(=O)(=O)Nc2cc(C(F)(F)F)ccc2C(=O)NC23CC(C(F)(F)F)(C2)C3)cc1. The van der Waals surface area contributed by atoms with Gasteiger partial charge in [-0.1, -0.05) is 0 Å². The summed E-state index contributed by atoms with van der Waals surface area (Å²) in [6, 6.07) is 7.39. The van der Waals surface area contributed by atoms with Gasteiger partial charge < -0.3 is 10.2 Å². The maximum atomic E-state index is 13.3. The number of sulfonamides is 1. The Balaban J connectivity index is 1.61. The van der Waals surface area contributed by atoms with Crippen molar-refractivity contribution in [3.8, 4) is 0 Å². The number of hydrogen-bond acceptors (Lipinski definition) is 4. The van der Waals surface area contributed by atoms with Gasteiger partial charge in [-0.3, -0.25) is 9.52 Å². The molecule has 0 aliphatic heterocycles. The lowest BCUT2D eigenvalue weighted by Gasteiger charge is -2.70. The van der Waals surface area contributed by atoms with Gasteiger partial charge in [0.05, 0.1) is 27.1 Å². The highest BCUT2D eigenvalue weighted by Crippen LogP contribution is 2.73. The highest BCUT2D eigenvalue weighted by molar-refractivity contribution is 7.92. The predicted octanol–water partition coefficient (Wildman–Crippen LogP) is 4.79. The van der Waals surface area contributed by atoms with Crippen LogP contribution in [0.3, 0.4) is 0 Å². The molecule has 3 saturated carbocycles. The zero-order chi connectivity index (χ0) is 26.0. The number of alkyl halides is 6. The van der Waals surface area contributed by atoms with Gasteiger partial charge in [-0.15, -0.1) is 0 Å². The average Bonchev–Trinajstić information content (AvgIpc) is 2.67. The van der Waals surface area contributed by atoms with Crippen molar-refractivity contribution < 1.29 is 39.6 Å². The molecule has 0 atom stereocenters. The lowest BCUT2D eigenvalue weighted by Crippen LogP contribution is -2.78. The molecule has 2 aromatic carbocycles. The third-order valence-electron chi connectivity index (χ3n) is 6.51. The molecule has 2 N–H and O–H groups in total. The first-order valence-corrected chi connectivity index (χ1v) is 11.9. The number of halogens is 6. The summed E-state index contributed by atoms with van der Waals surface area (Å²) in [6.45, 7) is 0. The highest BCUT2D eigenvalue weighted by atomic mass is 32.2. The number of anilines is 2. The smallest absolute Gasteiger partial charge is 0.378 e. The molecule has 2 bridgehead atoms. The molecule has 0 spiro atoms. The fraction of sp³-hybridized carbons (Fsp3) is 0.409. The highest BCUT2D eigenvalue weighted by Gasteiger charge is 2.79. The van der Waals surface area contributed by atoms with Crippen molar-refractivity contribution in [2.24, 2.45) is 5.41 Å². The van der Waals surface area contributed by atoms with E-state index in [1.165, 1.54) is 24.3 Å². The molecule has 1 amide bonds. The van der Waals surface area contributed by atoms with Gasteiger partial charge in [0.15, 0.2) is 0 Å². The van der Waals surface area contributed by atoms with Gasteiger partial charge in [0.1, 0.15) is 0 Å². The van der Waals surface area contributed by atoms with Crippen LogP contribution in [-0.2, 0) is 16.2 Å². The first-order chi connectivity index (χ1) is 16.0. The lowest BCUT2D eigenvalue weighted by molar-refractivity contribution is -0.336. The van der Waals surface area contributed by atoms with Gasteiger partial charge in [-0.2, -0.15) is 26.3 Å². The topological polar surface area (TPSA) is 78.5 Å². The minimum Gasteiger partial charge on any atom is -0.378 e. The number of nitrogens with zero attached hydrogens (tertiary/aromatic N) is 1. The zero-order valence-corrected chi connectivity index (χ0v) is 19.3. The number of hydrogen-bond donors (Lipinski definition) is 2. The van der Waals surface area contributed by atoms with E-state index in [1.807, 2.05) is 4.72 Å². The zero-order valence-electron chi connectivity index (χ0n) is 18.5. The summed E-state index contributed by atoms with van der Waals surface area (Å²) in [5.74, 6) is -0.963. The van der Waals surface area contributed by atoms with Crippen LogP contribution in [-0.4, -0.2) is 40.1 Å². The predicted molar refractivity (Wildman–Crippen MR) is 116 cm³/mol. The summed E-state index contributed by atoms with van der Waals surface area (Å²) in [4.78, 5) is 14.3. The standard InChI is InChI=1S/C22H21F6N3O3S/c1-31(2)14-4-6-15(7-5-14)35(33,34)30-17-9-13(21(23,24)25)3-8-16(17)18(32)29-20-10-19(11-20,12-20)22(26,27)28/h3-9,30H,10-12H2,1-2H3,(H,29,32). The number of rotatable bonds is 6. The van der Waals surface area contributed by atoms with Crippen molar-refractivity contribution in [1.82, 2.24) is 5.32 Å². The van der Waals surface area contributed by atoms with Crippen molar-refractivity contribution in [2.75, 3.05) is 23.7 Å². The quantitative estimate of drug-likeness (QED) is 0.536. The Morgan fingerprint density at radius 2 is 1.51 bits per heavy atom. The van der Waals surface area contributed by atoms with Crippen LogP contribution in [0.25, 0.3) is 0 Å². The molecule has 0 heterocycles. The van der Waals surface area contributed by atoms with Crippen molar-refractivity contribution in [2.45, 2.75) is 42.0 Å². The Morgan fingerprint density at radius 1 is 0.943 bits per heavy atom. The van der Waals surface area contributed by atoms with E-state index in [9.17, 15) is 39.6 Å². The molecular formula is C22H21F6N3O3S. The van der Waals surface area contributed by atoms with Gasteiger partial charge in [0, 0.05) is 25.3 Å².